The highest BCUT2D eigenvalue weighted by molar-refractivity contribution is 7.90. The molecule has 0 saturated carbocycles. The van der Waals surface area contributed by atoms with E-state index < -0.39 is 9.84 Å². The third-order valence-electron chi connectivity index (χ3n) is 2.01. The van der Waals surface area contributed by atoms with Gasteiger partial charge in [-0.1, -0.05) is 0 Å². The lowest BCUT2D eigenvalue weighted by atomic mass is 10.3. The van der Waals surface area contributed by atoms with Crippen molar-refractivity contribution in [1.82, 2.24) is 15.5 Å². The highest BCUT2D eigenvalue weighted by Crippen LogP contribution is 2.01. The van der Waals surface area contributed by atoms with Crippen LogP contribution in [0.1, 0.15) is 17.4 Å². The second-order valence-corrected chi connectivity index (χ2v) is 5.98. The summed E-state index contributed by atoms with van der Waals surface area (Å²) in [7, 11) is -3.00. The van der Waals surface area contributed by atoms with Crippen LogP contribution in [0.5, 0.6) is 0 Å². The van der Waals surface area contributed by atoms with Crippen molar-refractivity contribution in [2.45, 2.75) is 6.92 Å². The second-order valence-electron chi connectivity index (χ2n) is 3.72. The molecule has 0 fully saturated rings. The standard InChI is InChI=1S/C10H16N4O3S/c1-3-11-10(15)8-4-5-9(14-13-8)12-6-7-18(2,16)17/h4-5H,3,6-7H2,1-2H3,(H,11,15)(H,12,14). The lowest BCUT2D eigenvalue weighted by Crippen LogP contribution is -2.24. The molecule has 0 atom stereocenters. The summed E-state index contributed by atoms with van der Waals surface area (Å²) in [5, 5.41) is 12.9. The molecule has 0 radical (unpaired) electrons. The van der Waals surface area contributed by atoms with Crippen LogP contribution in [0, 0.1) is 0 Å². The van der Waals surface area contributed by atoms with Gasteiger partial charge in [0.2, 0.25) is 0 Å². The first kappa shape index (κ1) is 14.4. The average molecular weight is 272 g/mol. The van der Waals surface area contributed by atoms with Gasteiger partial charge in [0, 0.05) is 19.3 Å². The Bertz CT molecular complexity index is 498. The molecule has 1 aromatic rings. The summed E-state index contributed by atoms with van der Waals surface area (Å²) in [5.41, 5.74) is 0.227. The maximum absolute atomic E-state index is 11.4. The van der Waals surface area contributed by atoms with Crippen LogP contribution in [0.25, 0.3) is 0 Å². The number of amides is 1. The number of carbonyl (C=O) groups excluding carboxylic acids is 1. The molecule has 1 aromatic heterocycles. The first-order chi connectivity index (χ1) is 8.42. The van der Waals surface area contributed by atoms with Crippen molar-refractivity contribution >= 4 is 21.6 Å². The largest absolute Gasteiger partial charge is 0.368 e. The Hall–Kier alpha value is -1.70. The summed E-state index contributed by atoms with van der Waals surface area (Å²) in [6.45, 7) is 2.59. The normalized spacial score (nSPS) is 11.0. The SMILES string of the molecule is CCNC(=O)c1ccc(NCCS(C)(=O)=O)nn1. The summed E-state index contributed by atoms with van der Waals surface area (Å²) in [4.78, 5) is 11.4. The topological polar surface area (TPSA) is 101 Å². The van der Waals surface area contributed by atoms with Gasteiger partial charge in [-0.2, -0.15) is 0 Å². The van der Waals surface area contributed by atoms with E-state index in [9.17, 15) is 13.2 Å². The maximum Gasteiger partial charge on any atom is 0.271 e. The molecule has 0 unspecified atom stereocenters. The van der Waals surface area contributed by atoms with Crippen LogP contribution in [0.15, 0.2) is 12.1 Å². The minimum atomic E-state index is -3.00. The van der Waals surface area contributed by atoms with Crippen molar-refractivity contribution in [3.05, 3.63) is 17.8 Å². The van der Waals surface area contributed by atoms with E-state index in [1.807, 2.05) is 6.92 Å². The molecule has 0 aromatic carbocycles. The molecule has 0 aliphatic heterocycles. The Morgan fingerprint density at radius 2 is 2.06 bits per heavy atom. The average Bonchev–Trinajstić information content (AvgIpc) is 2.28. The Balaban J connectivity index is 2.53. The van der Waals surface area contributed by atoms with Crippen molar-refractivity contribution in [3.8, 4) is 0 Å². The zero-order valence-electron chi connectivity index (χ0n) is 10.3. The zero-order valence-corrected chi connectivity index (χ0v) is 11.1. The molecule has 1 rings (SSSR count). The smallest absolute Gasteiger partial charge is 0.271 e. The van der Waals surface area contributed by atoms with Gasteiger partial charge in [0.1, 0.15) is 15.7 Å². The van der Waals surface area contributed by atoms with Gasteiger partial charge in [-0.05, 0) is 19.1 Å². The van der Waals surface area contributed by atoms with Gasteiger partial charge in [-0.25, -0.2) is 8.42 Å². The predicted octanol–water partition coefficient (Wildman–Crippen LogP) is -0.317. The van der Waals surface area contributed by atoms with Gasteiger partial charge >= 0.3 is 0 Å². The molecular weight excluding hydrogens is 256 g/mol. The van der Waals surface area contributed by atoms with Crippen LogP contribution in [0.2, 0.25) is 0 Å². The lowest BCUT2D eigenvalue weighted by molar-refractivity contribution is 0.0950. The Morgan fingerprint density at radius 3 is 2.56 bits per heavy atom. The first-order valence-electron chi connectivity index (χ1n) is 5.46. The predicted molar refractivity (Wildman–Crippen MR) is 68.2 cm³/mol. The van der Waals surface area contributed by atoms with Crippen molar-refractivity contribution in [1.29, 1.82) is 0 Å². The van der Waals surface area contributed by atoms with Crippen molar-refractivity contribution in [2.24, 2.45) is 0 Å². The summed E-state index contributed by atoms with van der Waals surface area (Å²) in [6, 6.07) is 3.11. The molecule has 0 saturated heterocycles. The molecule has 18 heavy (non-hydrogen) atoms. The van der Waals surface area contributed by atoms with Crippen LogP contribution < -0.4 is 10.6 Å². The number of nitrogens with one attached hydrogen (secondary N) is 2. The minimum Gasteiger partial charge on any atom is -0.368 e. The Morgan fingerprint density at radius 1 is 1.33 bits per heavy atom. The van der Waals surface area contributed by atoms with Crippen LogP contribution in [-0.2, 0) is 9.84 Å². The molecule has 7 nitrogen and oxygen atoms in total. The summed E-state index contributed by atoms with van der Waals surface area (Å²) in [5.74, 6) is 0.173. The monoisotopic (exact) mass is 272 g/mol. The van der Waals surface area contributed by atoms with Gasteiger partial charge in [-0.3, -0.25) is 4.79 Å². The number of carbonyl (C=O) groups is 1. The Kier molecular flexibility index (Phi) is 5.02. The number of rotatable bonds is 6. The maximum atomic E-state index is 11.4. The highest BCUT2D eigenvalue weighted by atomic mass is 32.2. The quantitative estimate of drug-likeness (QED) is 0.736. The first-order valence-corrected chi connectivity index (χ1v) is 7.52. The third kappa shape index (κ3) is 5.09. The third-order valence-corrected chi connectivity index (χ3v) is 2.96. The van der Waals surface area contributed by atoms with Gasteiger partial charge < -0.3 is 10.6 Å². The molecule has 8 heteroatoms. The van der Waals surface area contributed by atoms with Gasteiger partial charge in [0.15, 0.2) is 5.69 Å². The zero-order chi connectivity index (χ0) is 13.6. The lowest BCUT2D eigenvalue weighted by Gasteiger charge is -2.04. The van der Waals surface area contributed by atoms with Crippen LogP contribution in [-0.4, -0.2) is 49.6 Å². The second kappa shape index (κ2) is 6.29. The van der Waals surface area contributed by atoms with Gasteiger partial charge in [0.25, 0.3) is 5.91 Å². The van der Waals surface area contributed by atoms with Gasteiger partial charge in [-0.15, -0.1) is 10.2 Å². The van der Waals surface area contributed by atoms with Crippen molar-refractivity contribution < 1.29 is 13.2 Å². The van der Waals surface area contributed by atoms with E-state index in [0.717, 1.165) is 0 Å². The molecule has 0 bridgehead atoms. The van der Waals surface area contributed by atoms with E-state index in [1.54, 1.807) is 6.07 Å². The minimum absolute atomic E-state index is 0.0206. The number of hydrogen-bond acceptors (Lipinski definition) is 6. The highest BCUT2D eigenvalue weighted by Gasteiger charge is 2.07. The van der Waals surface area contributed by atoms with Crippen LogP contribution in [0.3, 0.4) is 0 Å². The fraction of sp³-hybridized carbons (Fsp3) is 0.500. The summed E-state index contributed by atoms with van der Waals surface area (Å²) < 4.78 is 21.8. The summed E-state index contributed by atoms with van der Waals surface area (Å²) in [6.07, 6.45) is 1.17. The van der Waals surface area contributed by atoms with E-state index in [1.165, 1.54) is 12.3 Å². The number of nitrogens with zero attached hydrogens (tertiary/aromatic N) is 2. The van der Waals surface area contributed by atoms with E-state index in [-0.39, 0.29) is 23.9 Å². The molecule has 0 aliphatic carbocycles. The fourth-order valence-corrected chi connectivity index (χ4v) is 1.64. The van der Waals surface area contributed by atoms with Crippen molar-refractivity contribution in [2.75, 3.05) is 30.4 Å². The molecule has 100 valence electrons. The molecule has 2 N–H and O–H groups in total. The van der Waals surface area contributed by atoms with Gasteiger partial charge in [0.05, 0.1) is 5.75 Å². The van der Waals surface area contributed by atoms with E-state index in [4.69, 9.17) is 0 Å². The number of anilines is 1. The molecular formula is C10H16N4O3S. The number of hydrogen-bond donors (Lipinski definition) is 2. The molecule has 1 heterocycles. The van der Waals surface area contributed by atoms with E-state index >= 15 is 0 Å². The Labute approximate surface area is 106 Å². The van der Waals surface area contributed by atoms with Crippen LogP contribution >= 0.6 is 0 Å². The van der Waals surface area contributed by atoms with Crippen molar-refractivity contribution in [3.63, 3.8) is 0 Å². The number of aromatic nitrogens is 2. The summed E-state index contributed by atoms with van der Waals surface area (Å²) >= 11 is 0. The fourth-order valence-electron chi connectivity index (χ4n) is 1.16. The van der Waals surface area contributed by atoms with Crippen LogP contribution in [0.4, 0.5) is 5.82 Å². The molecule has 1 amide bonds. The van der Waals surface area contributed by atoms with E-state index in [2.05, 4.69) is 20.8 Å². The number of sulfone groups is 1. The molecule has 0 spiro atoms. The molecule has 0 aliphatic rings. The van der Waals surface area contributed by atoms with E-state index in [0.29, 0.717) is 12.4 Å².